The Balaban J connectivity index is 2.55. The van der Waals surface area contributed by atoms with Gasteiger partial charge in [0.15, 0.2) is 0 Å². The molecule has 10 heavy (non-hydrogen) atoms. The van der Waals surface area contributed by atoms with Crippen LogP contribution in [0, 0.1) is 4.91 Å². The summed E-state index contributed by atoms with van der Waals surface area (Å²) >= 11 is -1.89. The van der Waals surface area contributed by atoms with Gasteiger partial charge < -0.3 is 0 Å². The van der Waals surface area contributed by atoms with Crippen molar-refractivity contribution in [2.45, 2.75) is 18.2 Å². The van der Waals surface area contributed by atoms with Crippen LogP contribution in [0.3, 0.4) is 0 Å². The van der Waals surface area contributed by atoms with Crippen LogP contribution in [0.5, 0.6) is 0 Å². The molecule has 0 amide bonds. The van der Waals surface area contributed by atoms with Gasteiger partial charge in [-0.05, 0) is 0 Å². The van der Waals surface area contributed by atoms with Crippen molar-refractivity contribution >= 4 is 0 Å². The Bertz CT molecular complexity index is 186. The molecule has 2 nitrogen and oxygen atoms in total. The Hall–Kier alpha value is -0.232. The molecule has 0 radical (unpaired) electrons. The third-order valence-electron chi connectivity index (χ3n) is 1.40. The molecule has 0 unspecified atom stereocenters. The second-order valence-electron chi connectivity index (χ2n) is 1.99. The molecular formula is C7H10NOW. The van der Waals surface area contributed by atoms with E-state index in [1.165, 1.54) is 3.96 Å². The van der Waals surface area contributed by atoms with Gasteiger partial charge in [0.1, 0.15) is 0 Å². The van der Waals surface area contributed by atoms with Crippen molar-refractivity contribution < 1.29 is 17.6 Å². The molecule has 3 heteroatoms. The van der Waals surface area contributed by atoms with E-state index in [-0.39, 0.29) is 0 Å². The van der Waals surface area contributed by atoms with E-state index in [9.17, 15) is 4.91 Å². The number of rotatable bonds is 3. The summed E-state index contributed by atoms with van der Waals surface area (Å²) < 4.78 is 4.57. The normalized spacial score (nSPS) is 16.0. The molecule has 1 aliphatic rings. The molecule has 0 heterocycles. The first-order valence-electron chi connectivity index (χ1n) is 3.28. The van der Waals surface area contributed by atoms with Gasteiger partial charge in [-0.1, -0.05) is 0 Å². The molecule has 0 atom stereocenters. The average Bonchev–Trinajstić information content (AvgIpc) is 2.43. The number of hydrogen-bond acceptors (Lipinski definition) is 2. The topological polar surface area (TPSA) is 29.4 Å². The van der Waals surface area contributed by atoms with Crippen molar-refractivity contribution in [1.29, 1.82) is 0 Å². The number of allylic oxidation sites excluding steroid dienone is 4. The molecule has 0 aliphatic heterocycles. The van der Waals surface area contributed by atoms with Crippen molar-refractivity contribution in [3.8, 4) is 0 Å². The van der Waals surface area contributed by atoms with Crippen LogP contribution in [0.15, 0.2) is 25.9 Å². The van der Waals surface area contributed by atoms with Gasteiger partial charge >= 0.3 is 66.5 Å². The van der Waals surface area contributed by atoms with Crippen molar-refractivity contribution in [3.05, 3.63) is 27.1 Å². The third-order valence-corrected chi connectivity index (χ3v) is 7.28. The third kappa shape index (κ3) is 1.63. The van der Waals surface area contributed by atoms with Gasteiger partial charge in [-0.25, -0.2) is 0 Å². The molecule has 0 aromatic carbocycles. The summed E-state index contributed by atoms with van der Waals surface area (Å²) in [5, 5.41) is 0. The van der Waals surface area contributed by atoms with Crippen molar-refractivity contribution in [2.24, 2.45) is 3.74 Å². The van der Waals surface area contributed by atoms with Crippen LogP contribution >= 0.6 is 0 Å². The van der Waals surface area contributed by atoms with Crippen molar-refractivity contribution in [1.82, 2.24) is 0 Å². The Morgan fingerprint density at radius 2 is 2.60 bits per heavy atom. The molecule has 1 aliphatic carbocycles. The zero-order chi connectivity index (χ0) is 7.40. The zero-order valence-electron chi connectivity index (χ0n) is 5.91. The Labute approximate surface area is 66.8 Å². The average molecular weight is 308 g/mol. The van der Waals surface area contributed by atoms with E-state index in [1.807, 2.05) is 6.08 Å². The molecule has 0 N–H and O–H groups in total. The fourth-order valence-corrected chi connectivity index (χ4v) is 4.83. The van der Waals surface area contributed by atoms with E-state index in [0.29, 0.717) is 0 Å². The molecule has 0 fully saturated rings. The van der Waals surface area contributed by atoms with Crippen molar-refractivity contribution in [3.63, 3.8) is 0 Å². The second-order valence-corrected chi connectivity index (χ2v) is 9.11. The quantitative estimate of drug-likeness (QED) is 0.737. The summed E-state index contributed by atoms with van der Waals surface area (Å²) in [4.78, 5) is 11.3. The Kier molecular flexibility index (Phi) is 3.01. The Morgan fingerprint density at radius 1 is 1.80 bits per heavy atom. The van der Waals surface area contributed by atoms with Crippen LogP contribution < -0.4 is 0 Å². The van der Waals surface area contributed by atoms with Crippen LogP contribution in [0.4, 0.5) is 0 Å². The first kappa shape index (κ1) is 7.87. The molecule has 0 saturated heterocycles. The van der Waals surface area contributed by atoms with Crippen LogP contribution in [0.1, 0.15) is 13.3 Å². The summed E-state index contributed by atoms with van der Waals surface area (Å²) in [5.41, 5.74) is 0. The van der Waals surface area contributed by atoms with Crippen LogP contribution in [0.25, 0.3) is 0 Å². The summed E-state index contributed by atoms with van der Waals surface area (Å²) in [6.45, 7) is 2.06. The van der Waals surface area contributed by atoms with Gasteiger partial charge in [0, 0.05) is 0 Å². The fourth-order valence-electron chi connectivity index (χ4n) is 0.888. The molecule has 0 saturated carbocycles. The SMILES string of the molecule is C[CH2][W]([N]=O)[C]1=CC=CC1. The monoisotopic (exact) mass is 308 g/mol. The summed E-state index contributed by atoms with van der Waals surface area (Å²) in [7, 11) is 0. The number of nitrogens with zero attached hydrogens (tertiary/aromatic N) is 1. The van der Waals surface area contributed by atoms with Crippen LogP contribution in [0.2, 0.25) is 4.81 Å². The second kappa shape index (κ2) is 3.82. The first-order valence-corrected chi connectivity index (χ1v) is 8.13. The maximum atomic E-state index is 10.3. The Morgan fingerprint density at radius 3 is 3.00 bits per heavy atom. The molecule has 0 bridgehead atoms. The summed E-state index contributed by atoms with van der Waals surface area (Å²) in [5.74, 6) is 0. The fraction of sp³-hybridized carbons (Fsp3) is 0.429. The first-order chi connectivity index (χ1) is 4.88. The number of hydrogen-bond donors (Lipinski definition) is 0. The van der Waals surface area contributed by atoms with E-state index >= 15 is 0 Å². The van der Waals surface area contributed by atoms with E-state index in [4.69, 9.17) is 0 Å². The number of nitroso groups, excluding NO2 is 1. The minimum absolute atomic E-state index is 0.993. The van der Waals surface area contributed by atoms with E-state index in [1.54, 1.807) is 0 Å². The molecule has 0 spiro atoms. The maximum absolute atomic E-state index is 10.3. The predicted octanol–water partition coefficient (Wildman–Crippen LogP) is 2.57. The summed E-state index contributed by atoms with van der Waals surface area (Å²) in [6, 6.07) is 0. The molecule has 1 rings (SSSR count). The standard InChI is InChI=1S/C5H5.C2H5.NO.W/c1-2-4-5-3-1;2*1-2;/h1-3H,4H2;1H2,2H3;;/q;;-1;+1. The van der Waals surface area contributed by atoms with E-state index in [0.717, 1.165) is 11.2 Å². The van der Waals surface area contributed by atoms with Crippen LogP contribution in [-0.4, -0.2) is 0 Å². The predicted molar refractivity (Wildman–Crippen MR) is 38.1 cm³/mol. The summed E-state index contributed by atoms with van der Waals surface area (Å²) in [6.07, 6.45) is 7.18. The van der Waals surface area contributed by atoms with Gasteiger partial charge in [-0.3, -0.25) is 0 Å². The molecule has 0 aromatic heterocycles. The van der Waals surface area contributed by atoms with Gasteiger partial charge in [0.2, 0.25) is 0 Å². The molecule has 0 aromatic rings. The van der Waals surface area contributed by atoms with Crippen molar-refractivity contribution in [2.75, 3.05) is 0 Å². The van der Waals surface area contributed by atoms with Gasteiger partial charge in [-0.15, -0.1) is 0 Å². The van der Waals surface area contributed by atoms with Gasteiger partial charge in [0.25, 0.3) is 0 Å². The van der Waals surface area contributed by atoms with Gasteiger partial charge in [0.05, 0.1) is 0 Å². The van der Waals surface area contributed by atoms with Crippen LogP contribution in [-0.2, 0) is 17.6 Å². The molecular weight excluding hydrogens is 298 g/mol. The minimum atomic E-state index is -1.89. The van der Waals surface area contributed by atoms with Gasteiger partial charge in [-0.2, -0.15) is 0 Å². The zero-order valence-corrected chi connectivity index (χ0v) is 8.84. The molecule has 55 valence electrons. The van der Waals surface area contributed by atoms with E-state index in [2.05, 4.69) is 22.8 Å². The van der Waals surface area contributed by atoms with E-state index < -0.39 is 17.6 Å².